The molecule has 6 nitrogen and oxygen atoms in total. The zero-order valence-electron chi connectivity index (χ0n) is 49.6. The molecule has 432 valence electrons. The number of unbranched alkanes of at least 4 members (excludes halogenated alkanes) is 33. The highest BCUT2D eigenvalue weighted by atomic mass is 16.6. The second-order valence-electron chi connectivity index (χ2n) is 21.3. The van der Waals surface area contributed by atoms with Crippen LogP contribution in [-0.2, 0) is 28.6 Å². The zero-order chi connectivity index (χ0) is 54.3. The van der Waals surface area contributed by atoms with Crippen molar-refractivity contribution in [3.8, 4) is 0 Å². The topological polar surface area (TPSA) is 78.9 Å². The van der Waals surface area contributed by atoms with Gasteiger partial charge in [-0.2, -0.15) is 0 Å². The molecule has 0 rings (SSSR count). The van der Waals surface area contributed by atoms with E-state index in [9.17, 15) is 14.4 Å². The van der Waals surface area contributed by atoms with E-state index in [1.54, 1.807) is 0 Å². The Hall–Kier alpha value is -3.41. The third-order valence-electron chi connectivity index (χ3n) is 13.9. The number of esters is 3. The van der Waals surface area contributed by atoms with Crippen molar-refractivity contribution in [2.45, 2.75) is 322 Å². The maximum atomic E-state index is 12.9. The van der Waals surface area contributed by atoms with Crippen LogP contribution in [0.15, 0.2) is 85.1 Å². The molecule has 0 aliphatic heterocycles. The average molecular weight is 1050 g/mol. The van der Waals surface area contributed by atoms with Gasteiger partial charge in [-0.15, -0.1) is 0 Å². The molecule has 0 radical (unpaired) electrons. The fourth-order valence-electron chi connectivity index (χ4n) is 9.05. The minimum Gasteiger partial charge on any atom is -0.462 e. The lowest BCUT2D eigenvalue weighted by Gasteiger charge is -2.18. The maximum absolute atomic E-state index is 12.9. The van der Waals surface area contributed by atoms with Gasteiger partial charge in [-0.1, -0.05) is 266 Å². The first kappa shape index (κ1) is 71.6. The van der Waals surface area contributed by atoms with Crippen molar-refractivity contribution in [3.05, 3.63) is 85.1 Å². The summed E-state index contributed by atoms with van der Waals surface area (Å²) >= 11 is 0. The highest BCUT2D eigenvalue weighted by Crippen LogP contribution is 2.16. The first-order chi connectivity index (χ1) is 37.0. The number of hydrogen-bond donors (Lipinski definition) is 0. The van der Waals surface area contributed by atoms with Gasteiger partial charge in [0.05, 0.1) is 0 Å². The molecule has 1 atom stereocenters. The van der Waals surface area contributed by atoms with Gasteiger partial charge in [0.25, 0.3) is 0 Å². The first-order valence-electron chi connectivity index (χ1n) is 32.1. The van der Waals surface area contributed by atoms with Crippen LogP contribution in [-0.4, -0.2) is 37.2 Å². The molecule has 0 aromatic heterocycles. The molecule has 0 spiro atoms. The van der Waals surface area contributed by atoms with E-state index in [4.69, 9.17) is 14.2 Å². The largest absolute Gasteiger partial charge is 0.462 e. The number of carbonyl (C=O) groups is 3. The first-order valence-corrected chi connectivity index (χ1v) is 32.1. The van der Waals surface area contributed by atoms with E-state index in [0.717, 1.165) is 103 Å². The van der Waals surface area contributed by atoms with Crippen LogP contribution in [0.5, 0.6) is 0 Å². The molecule has 75 heavy (non-hydrogen) atoms. The lowest BCUT2D eigenvalue weighted by molar-refractivity contribution is -0.167. The predicted molar refractivity (Wildman–Crippen MR) is 325 cm³/mol. The summed E-state index contributed by atoms with van der Waals surface area (Å²) in [5.74, 6) is -0.905. The van der Waals surface area contributed by atoms with Crippen LogP contribution in [0.2, 0.25) is 0 Å². The van der Waals surface area contributed by atoms with Crippen LogP contribution in [0.1, 0.15) is 316 Å². The summed E-state index contributed by atoms with van der Waals surface area (Å²) in [4.78, 5) is 38.3. The molecule has 0 aromatic carbocycles. The predicted octanol–water partition coefficient (Wildman–Crippen LogP) is 21.9. The number of hydrogen-bond acceptors (Lipinski definition) is 6. The Morgan fingerprint density at radius 3 is 0.827 bits per heavy atom. The summed E-state index contributed by atoms with van der Waals surface area (Å²) in [5.41, 5.74) is 0. The lowest BCUT2D eigenvalue weighted by atomic mass is 10.1. The number of rotatable bonds is 58. The van der Waals surface area contributed by atoms with Crippen molar-refractivity contribution in [1.29, 1.82) is 0 Å². The van der Waals surface area contributed by atoms with Crippen molar-refractivity contribution in [2.75, 3.05) is 13.2 Å². The van der Waals surface area contributed by atoms with Gasteiger partial charge in [0.1, 0.15) is 13.2 Å². The molecule has 0 heterocycles. The van der Waals surface area contributed by atoms with E-state index in [1.165, 1.54) is 173 Å². The standard InChI is InChI=1S/C69H120O6/c1-4-7-10-13-16-19-22-25-28-31-33-34-36-38-41-44-47-50-53-56-59-62-68(71)74-65-66(64-73-67(70)61-58-55-52-49-46-43-40-37-30-27-24-21-18-15-12-9-6-3)75-69(72)63-60-57-54-51-48-45-42-39-35-32-29-26-23-20-17-14-11-8-5-2/h9,12,18,21-22,25-27,29-31,33,40,43,66H,4-8,10-11,13-17,19-20,23-24,28,32,34-39,41-42,44-65H2,1-3H3/b12-9-,21-18-,25-22-,29-26-,30-27-,33-31-,43-40-. The SMILES string of the molecule is CC/C=C\C/C=C\C/C=C\C/C=C\CCCCCCC(=O)OCC(COC(=O)CCCCCCCCCCC/C=C\C/C=C\CCCCCCC)OC(=O)CCCCCCCCCCC/C=C\CCCCCCCC. The highest BCUT2D eigenvalue weighted by molar-refractivity contribution is 5.71. The Bertz CT molecular complexity index is 1430. The van der Waals surface area contributed by atoms with Gasteiger partial charge in [-0.05, 0) is 116 Å². The van der Waals surface area contributed by atoms with Gasteiger partial charge < -0.3 is 14.2 Å². The molecule has 0 saturated carbocycles. The second kappa shape index (κ2) is 63.1. The van der Waals surface area contributed by atoms with Gasteiger partial charge in [-0.25, -0.2) is 0 Å². The fourth-order valence-corrected chi connectivity index (χ4v) is 9.05. The Kier molecular flexibility index (Phi) is 60.3. The average Bonchev–Trinajstić information content (AvgIpc) is 3.41. The Labute approximate surface area is 465 Å². The normalized spacial score (nSPS) is 12.6. The van der Waals surface area contributed by atoms with Crippen molar-refractivity contribution in [1.82, 2.24) is 0 Å². The molecule has 0 fully saturated rings. The van der Waals surface area contributed by atoms with Crippen LogP contribution >= 0.6 is 0 Å². The van der Waals surface area contributed by atoms with E-state index in [1.807, 2.05) is 0 Å². The molecule has 0 aliphatic rings. The molecule has 0 amide bonds. The summed E-state index contributed by atoms with van der Waals surface area (Å²) in [6, 6.07) is 0. The highest BCUT2D eigenvalue weighted by Gasteiger charge is 2.19. The molecule has 6 heteroatoms. The third kappa shape index (κ3) is 61.3. The van der Waals surface area contributed by atoms with Crippen LogP contribution in [0, 0.1) is 0 Å². The molecule has 0 saturated heterocycles. The molecule has 0 bridgehead atoms. The minimum absolute atomic E-state index is 0.0866. The van der Waals surface area contributed by atoms with Gasteiger partial charge >= 0.3 is 17.9 Å². The Morgan fingerprint density at radius 2 is 0.520 bits per heavy atom. The van der Waals surface area contributed by atoms with Gasteiger partial charge in [0, 0.05) is 19.3 Å². The van der Waals surface area contributed by atoms with Crippen molar-refractivity contribution >= 4 is 17.9 Å². The van der Waals surface area contributed by atoms with Gasteiger partial charge in [0.15, 0.2) is 6.10 Å². The van der Waals surface area contributed by atoms with E-state index in [0.29, 0.717) is 19.3 Å². The van der Waals surface area contributed by atoms with Crippen LogP contribution in [0.4, 0.5) is 0 Å². The summed E-state index contributed by atoms with van der Waals surface area (Å²) in [6.45, 7) is 6.52. The number of carbonyl (C=O) groups excluding carboxylic acids is 3. The molecule has 0 aliphatic carbocycles. The van der Waals surface area contributed by atoms with E-state index < -0.39 is 6.10 Å². The maximum Gasteiger partial charge on any atom is 0.306 e. The quantitative estimate of drug-likeness (QED) is 0.0261. The number of allylic oxidation sites excluding steroid dienone is 14. The molecule has 1 unspecified atom stereocenters. The van der Waals surface area contributed by atoms with Gasteiger partial charge in [0.2, 0.25) is 0 Å². The van der Waals surface area contributed by atoms with E-state index in [2.05, 4.69) is 106 Å². The van der Waals surface area contributed by atoms with Crippen LogP contribution in [0.3, 0.4) is 0 Å². The Balaban J connectivity index is 4.41. The van der Waals surface area contributed by atoms with E-state index >= 15 is 0 Å². The Morgan fingerprint density at radius 1 is 0.280 bits per heavy atom. The smallest absolute Gasteiger partial charge is 0.306 e. The molecule has 0 N–H and O–H groups in total. The van der Waals surface area contributed by atoms with E-state index in [-0.39, 0.29) is 31.1 Å². The minimum atomic E-state index is -0.792. The second-order valence-corrected chi connectivity index (χ2v) is 21.3. The summed E-state index contributed by atoms with van der Waals surface area (Å²) in [6.07, 6.45) is 82.9. The van der Waals surface area contributed by atoms with Crippen LogP contribution < -0.4 is 0 Å². The molecule has 0 aromatic rings. The summed E-state index contributed by atoms with van der Waals surface area (Å²) in [5, 5.41) is 0. The van der Waals surface area contributed by atoms with Crippen molar-refractivity contribution in [2.24, 2.45) is 0 Å². The molecular formula is C69H120O6. The van der Waals surface area contributed by atoms with Crippen molar-refractivity contribution < 1.29 is 28.6 Å². The zero-order valence-corrected chi connectivity index (χ0v) is 49.6. The van der Waals surface area contributed by atoms with Crippen molar-refractivity contribution in [3.63, 3.8) is 0 Å². The lowest BCUT2D eigenvalue weighted by Crippen LogP contribution is -2.30. The van der Waals surface area contributed by atoms with Gasteiger partial charge in [-0.3, -0.25) is 14.4 Å². The monoisotopic (exact) mass is 1040 g/mol. The fraction of sp³-hybridized carbons (Fsp3) is 0.754. The molecular weight excluding hydrogens is 925 g/mol. The summed E-state index contributed by atoms with van der Waals surface area (Å²) < 4.78 is 16.9. The number of ether oxygens (including phenoxy) is 3. The third-order valence-corrected chi connectivity index (χ3v) is 13.9. The van der Waals surface area contributed by atoms with Crippen LogP contribution in [0.25, 0.3) is 0 Å². The summed E-state index contributed by atoms with van der Waals surface area (Å²) in [7, 11) is 0.